The molecule has 0 aromatic heterocycles. The summed E-state index contributed by atoms with van der Waals surface area (Å²) >= 11 is 5.81. The van der Waals surface area contributed by atoms with Gasteiger partial charge >= 0.3 is 0 Å². The topological polar surface area (TPSA) is 41.6 Å². The lowest BCUT2D eigenvalue weighted by molar-refractivity contribution is -0.123. The van der Waals surface area contributed by atoms with Crippen molar-refractivity contribution in [3.05, 3.63) is 29.3 Å². The molecular weight excluding hydrogens is 240 g/mol. The molecule has 2 rings (SSSR count). The fourth-order valence-corrected chi connectivity index (χ4v) is 1.88. The van der Waals surface area contributed by atoms with E-state index in [0.717, 1.165) is 5.69 Å². The molecule has 0 bridgehead atoms. The van der Waals surface area contributed by atoms with E-state index in [1.54, 1.807) is 24.1 Å². The van der Waals surface area contributed by atoms with E-state index >= 15 is 0 Å². The number of nitrogens with one attached hydrogen (secondary N) is 1. The fraction of sp³-hybridized carbons (Fsp3) is 0.417. The van der Waals surface area contributed by atoms with Crippen LogP contribution in [0, 0.1) is 0 Å². The van der Waals surface area contributed by atoms with Crippen LogP contribution in [-0.4, -0.2) is 38.8 Å². The monoisotopic (exact) mass is 254 g/mol. The third kappa shape index (κ3) is 2.97. The van der Waals surface area contributed by atoms with E-state index in [-0.39, 0.29) is 11.9 Å². The van der Waals surface area contributed by atoms with Gasteiger partial charge in [0, 0.05) is 24.3 Å². The van der Waals surface area contributed by atoms with Gasteiger partial charge < -0.3 is 15.0 Å². The van der Waals surface area contributed by atoms with E-state index in [1.165, 1.54) is 0 Å². The summed E-state index contributed by atoms with van der Waals surface area (Å²) in [7, 11) is 1.75. The number of nitrogens with zero attached hydrogens (tertiary/aromatic N) is 1. The molecule has 5 heteroatoms. The maximum Gasteiger partial charge on any atom is 0.246 e. The molecular formula is C12H15ClN2O2. The molecule has 1 atom stereocenters. The molecule has 0 aliphatic carbocycles. The van der Waals surface area contributed by atoms with Crippen LogP contribution in [-0.2, 0) is 9.53 Å². The molecule has 1 heterocycles. The van der Waals surface area contributed by atoms with Gasteiger partial charge in [0.25, 0.3) is 0 Å². The zero-order valence-electron chi connectivity index (χ0n) is 9.65. The maximum absolute atomic E-state index is 12.1. The van der Waals surface area contributed by atoms with Crippen molar-refractivity contribution in [2.75, 3.05) is 31.7 Å². The minimum Gasteiger partial charge on any atom is -0.378 e. The summed E-state index contributed by atoms with van der Waals surface area (Å²) in [6, 6.07) is 6.93. The Labute approximate surface area is 106 Å². The summed E-state index contributed by atoms with van der Waals surface area (Å²) in [5, 5.41) is 3.80. The molecule has 17 heavy (non-hydrogen) atoms. The SMILES string of the molecule is CN(C(=O)C1COCCN1)c1ccc(Cl)cc1. The first kappa shape index (κ1) is 12.4. The summed E-state index contributed by atoms with van der Waals surface area (Å²) in [5.74, 6) is 0.00650. The number of anilines is 1. The second-order valence-corrected chi connectivity index (χ2v) is 4.39. The molecule has 1 unspecified atom stereocenters. The average Bonchev–Trinajstić information content (AvgIpc) is 2.39. The predicted octanol–water partition coefficient (Wildman–Crippen LogP) is 1.29. The number of carbonyl (C=O) groups is 1. The van der Waals surface area contributed by atoms with Crippen LogP contribution >= 0.6 is 11.6 Å². The van der Waals surface area contributed by atoms with Gasteiger partial charge in [0.15, 0.2) is 0 Å². The summed E-state index contributed by atoms with van der Waals surface area (Å²) in [6.45, 7) is 1.80. The quantitative estimate of drug-likeness (QED) is 0.865. The van der Waals surface area contributed by atoms with Gasteiger partial charge in [-0.25, -0.2) is 0 Å². The van der Waals surface area contributed by atoms with Crippen molar-refractivity contribution in [1.29, 1.82) is 0 Å². The largest absolute Gasteiger partial charge is 0.378 e. The Balaban J connectivity index is 2.05. The van der Waals surface area contributed by atoms with E-state index in [4.69, 9.17) is 16.3 Å². The molecule has 1 aliphatic heterocycles. The molecule has 92 valence electrons. The van der Waals surface area contributed by atoms with Crippen LogP contribution in [0.2, 0.25) is 5.02 Å². The van der Waals surface area contributed by atoms with Crippen molar-refractivity contribution in [2.45, 2.75) is 6.04 Å². The summed E-state index contributed by atoms with van der Waals surface area (Å²) in [4.78, 5) is 13.7. The lowest BCUT2D eigenvalue weighted by Crippen LogP contribution is -2.51. The number of likely N-dealkylation sites (N-methyl/N-ethyl adjacent to an activating group) is 1. The second kappa shape index (κ2) is 5.49. The predicted molar refractivity (Wildman–Crippen MR) is 67.5 cm³/mol. The van der Waals surface area contributed by atoms with Crippen LogP contribution in [0.15, 0.2) is 24.3 Å². The van der Waals surface area contributed by atoms with Gasteiger partial charge in [-0.1, -0.05) is 11.6 Å². The van der Waals surface area contributed by atoms with Crippen molar-refractivity contribution in [1.82, 2.24) is 5.32 Å². The number of amides is 1. The minimum atomic E-state index is -0.260. The number of hydrogen-bond acceptors (Lipinski definition) is 3. The van der Waals surface area contributed by atoms with E-state index in [9.17, 15) is 4.79 Å². The van der Waals surface area contributed by atoms with E-state index in [2.05, 4.69) is 5.32 Å². The first-order chi connectivity index (χ1) is 8.18. The highest BCUT2D eigenvalue weighted by Gasteiger charge is 2.24. The van der Waals surface area contributed by atoms with Crippen LogP contribution in [0.25, 0.3) is 0 Å². The third-order valence-electron chi connectivity index (χ3n) is 2.76. The number of carbonyl (C=O) groups excluding carboxylic acids is 1. The van der Waals surface area contributed by atoms with Crippen LogP contribution in [0.1, 0.15) is 0 Å². The molecule has 0 spiro atoms. The first-order valence-electron chi connectivity index (χ1n) is 5.53. The summed E-state index contributed by atoms with van der Waals surface area (Å²) in [5.41, 5.74) is 0.826. The number of ether oxygens (including phenoxy) is 1. The average molecular weight is 255 g/mol. The molecule has 1 amide bonds. The molecule has 1 aromatic rings. The standard InChI is InChI=1S/C12H15ClN2O2/c1-15(10-4-2-9(13)3-5-10)12(16)11-8-17-7-6-14-11/h2-5,11,14H,6-8H2,1H3. The van der Waals surface area contributed by atoms with Crippen molar-refractivity contribution >= 4 is 23.2 Å². The minimum absolute atomic E-state index is 0.00650. The van der Waals surface area contributed by atoms with E-state index in [1.807, 2.05) is 12.1 Å². The molecule has 1 N–H and O–H groups in total. The molecule has 0 saturated carbocycles. The van der Waals surface area contributed by atoms with E-state index in [0.29, 0.717) is 24.8 Å². The summed E-state index contributed by atoms with van der Waals surface area (Å²) < 4.78 is 5.28. The number of hydrogen-bond donors (Lipinski definition) is 1. The number of morpholine rings is 1. The molecule has 1 saturated heterocycles. The van der Waals surface area contributed by atoms with Crippen molar-refractivity contribution in [3.8, 4) is 0 Å². The molecule has 1 aliphatic rings. The molecule has 1 aromatic carbocycles. The Morgan fingerprint density at radius 2 is 2.18 bits per heavy atom. The highest BCUT2D eigenvalue weighted by Crippen LogP contribution is 2.17. The Hall–Kier alpha value is -1.10. The number of benzene rings is 1. The fourth-order valence-electron chi connectivity index (χ4n) is 1.75. The lowest BCUT2D eigenvalue weighted by Gasteiger charge is -2.27. The van der Waals surface area contributed by atoms with Crippen LogP contribution < -0.4 is 10.2 Å². The second-order valence-electron chi connectivity index (χ2n) is 3.96. The molecule has 0 radical (unpaired) electrons. The maximum atomic E-state index is 12.1. The first-order valence-corrected chi connectivity index (χ1v) is 5.90. The van der Waals surface area contributed by atoms with Gasteiger partial charge in [0.1, 0.15) is 6.04 Å². The molecule has 1 fully saturated rings. The van der Waals surface area contributed by atoms with Gasteiger partial charge in [-0.2, -0.15) is 0 Å². The van der Waals surface area contributed by atoms with Crippen LogP contribution in [0.5, 0.6) is 0 Å². The van der Waals surface area contributed by atoms with Gasteiger partial charge in [-0.3, -0.25) is 4.79 Å². The smallest absolute Gasteiger partial charge is 0.246 e. The zero-order chi connectivity index (χ0) is 12.3. The molecule has 4 nitrogen and oxygen atoms in total. The normalized spacial score (nSPS) is 20.0. The van der Waals surface area contributed by atoms with Crippen LogP contribution in [0.4, 0.5) is 5.69 Å². The highest BCUT2D eigenvalue weighted by molar-refractivity contribution is 6.30. The van der Waals surface area contributed by atoms with Crippen molar-refractivity contribution in [3.63, 3.8) is 0 Å². The Kier molecular flexibility index (Phi) is 3.99. The van der Waals surface area contributed by atoms with Crippen LogP contribution in [0.3, 0.4) is 0 Å². The Bertz CT molecular complexity index is 388. The van der Waals surface area contributed by atoms with Gasteiger partial charge in [0.2, 0.25) is 5.91 Å². The van der Waals surface area contributed by atoms with Crippen molar-refractivity contribution < 1.29 is 9.53 Å². The zero-order valence-corrected chi connectivity index (χ0v) is 10.4. The number of halogens is 1. The Morgan fingerprint density at radius 1 is 1.47 bits per heavy atom. The van der Waals surface area contributed by atoms with Gasteiger partial charge in [-0.05, 0) is 24.3 Å². The van der Waals surface area contributed by atoms with Gasteiger partial charge in [0.05, 0.1) is 13.2 Å². The number of rotatable bonds is 2. The van der Waals surface area contributed by atoms with Gasteiger partial charge in [-0.15, -0.1) is 0 Å². The van der Waals surface area contributed by atoms with Crippen molar-refractivity contribution in [2.24, 2.45) is 0 Å². The third-order valence-corrected chi connectivity index (χ3v) is 3.02. The lowest BCUT2D eigenvalue weighted by atomic mass is 10.2. The summed E-state index contributed by atoms with van der Waals surface area (Å²) in [6.07, 6.45) is 0. The Morgan fingerprint density at radius 3 is 2.76 bits per heavy atom. The highest BCUT2D eigenvalue weighted by atomic mass is 35.5. The van der Waals surface area contributed by atoms with E-state index < -0.39 is 0 Å².